The van der Waals surface area contributed by atoms with E-state index in [4.69, 9.17) is 23.7 Å². The Balaban J connectivity index is 1.66. The molecule has 0 amide bonds. The first-order chi connectivity index (χ1) is 45.2. The van der Waals surface area contributed by atoms with Crippen LogP contribution in [0.15, 0.2) is 0 Å². The number of nitrogens with zero attached hydrogens (tertiary/aromatic N) is 4. The fraction of sp³-hybridized carbons (Fsp3) is 0.932. The molecule has 19 heteroatoms. The Labute approximate surface area is 575 Å². The first kappa shape index (κ1) is 86.9. The maximum atomic E-state index is 13.0. The first-order valence-corrected chi connectivity index (χ1v) is 40.7. The second-order valence-electron chi connectivity index (χ2n) is 27.2. The average molecular weight is 1360 g/mol. The number of hydrogen-bond acceptors (Lipinski definition) is 19. The van der Waals surface area contributed by atoms with Gasteiger partial charge in [0.25, 0.3) is 0 Å². The number of rotatable bonds is 64. The number of aliphatic hydroxyl groups excluding tert-OH is 3. The Morgan fingerprint density at radius 1 is 0.495 bits per heavy atom. The number of unbranched alkanes of at least 4 members (excludes halogenated alkanes) is 15. The number of aliphatic hydroxyl groups is 3. The van der Waals surface area contributed by atoms with Crippen molar-refractivity contribution in [2.75, 3.05) is 110 Å². The lowest BCUT2D eigenvalue weighted by atomic mass is 10.0. The molecule has 4 atom stereocenters. The summed E-state index contributed by atoms with van der Waals surface area (Å²) in [7, 11) is 3.81. The monoisotopic (exact) mass is 1360 g/mol. The fourth-order valence-corrected chi connectivity index (χ4v) is 14.7. The third-order valence-corrected chi connectivity index (χ3v) is 21.5. The van der Waals surface area contributed by atoms with Crippen molar-refractivity contribution in [2.24, 2.45) is 11.8 Å². The highest BCUT2D eigenvalue weighted by molar-refractivity contribution is 8.76. The maximum Gasteiger partial charge on any atom is 0.306 e. The molecule has 0 radical (unpaired) electrons. The zero-order chi connectivity index (χ0) is 67.8. The smallest absolute Gasteiger partial charge is 0.306 e. The number of piperazine rings is 1. The minimum Gasteiger partial charge on any atom is -0.465 e. The molecule has 2 aliphatic heterocycles. The summed E-state index contributed by atoms with van der Waals surface area (Å²) >= 11 is 0. The molecule has 2 rings (SSSR count). The van der Waals surface area contributed by atoms with Gasteiger partial charge in [0.2, 0.25) is 0 Å². The summed E-state index contributed by atoms with van der Waals surface area (Å²) in [6.45, 7) is 23.2. The molecule has 0 aromatic heterocycles. The first-order valence-electron chi connectivity index (χ1n) is 38.2. The summed E-state index contributed by atoms with van der Waals surface area (Å²) in [5.74, 6) is 2.07. The molecule has 2 saturated heterocycles. The van der Waals surface area contributed by atoms with Crippen LogP contribution in [0.2, 0.25) is 0 Å². The van der Waals surface area contributed by atoms with E-state index in [9.17, 15) is 39.3 Å². The van der Waals surface area contributed by atoms with Gasteiger partial charge in [-0.1, -0.05) is 179 Å². The maximum absolute atomic E-state index is 13.0. The van der Waals surface area contributed by atoms with Crippen molar-refractivity contribution in [3.63, 3.8) is 0 Å². The number of hydrogen-bond donors (Lipinski definition) is 3. The highest BCUT2D eigenvalue weighted by Gasteiger charge is 2.25. The van der Waals surface area contributed by atoms with E-state index >= 15 is 0 Å². The lowest BCUT2D eigenvalue weighted by Gasteiger charge is -2.34. The molecular formula is C74H140N4O13S2. The summed E-state index contributed by atoms with van der Waals surface area (Å²) < 4.78 is 28.4. The molecule has 0 saturated carbocycles. The van der Waals surface area contributed by atoms with Crippen LogP contribution in [0.25, 0.3) is 0 Å². The Bertz CT molecular complexity index is 1750. The number of esters is 5. The second kappa shape index (κ2) is 59.8. The Hall–Kier alpha value is -2.23. The van der Waals surface area contributed by atoms with Crippen LogP contribution in [0.3, 0.4) is 0 Å². The van der Waals surface area contributed by atoms with E-state index in [-0.39, 0.29) is 48.5 Å². The largest absolute Gasteiger partial charge is 0.465 e. The molecule has 17 nitrogen and oxygen atoms in total. The van der Waals surface area contributed by atoms with Crippen LogP contribution >= 0.6 is 21.6 Å². The van der Waals surface area contributed by atoms with Crippen molar-refractivity contribution in [1.29, 1.82) is 0 Å². The predicted molar refractivity (Wildman–Crippen MR) is 382 cm³/mol. The van der Waals surface area contributed by atoms with Crippen molar-refractivity contribution in [3.8, 4) is 0 Å². The van der Waals surface area contributed by atoms with Crippen molar-refractivity contribution >= 4 is 51.4 Å². The van der Waals surface area contributed by atoms with Gasteiger partial charge in [-0.15, -0.1) is 0 Å². The molecule has 546 valence electrons. The predicted octanol–water partition coefficient (Wildman–Crippen LogP) is 14.7. The van der Waals surface area contributed by atoms with E-state index in [0.717, 1.165) is 166 Å². The van der Waals surface area contributed by atoms with Gasteiger partial charge < -0.3 is 43.9 Å². The van der Waals surface area contributed by atoms with Gasteiger partial charge in [0, 0.05) is 103 Å². The fourth-order valence-electron chi connectivity index (χ4n) is 12.4. The van der Waals surface area contributed by atoms with Crippen LogP contribution in [0.1, 0.15) is 292 Å². The molecule has 0 bridgehead atoms. The van der Waals surface area contributed by atoms with Gasteiger partial charge in [-0.25, -0.2) is 0 Å². The van der Waals surface area contributed by atoms with Crippen LogP contribution < -0.4 is 0 Å². The van der Waals surface area contributed by atoms with Gasteiger partial charge in [0.15, 0.2) is 0 Å². The van der Waals surface area contributed by atoms with Crippen LogP contribution in [0.4, 0.5) is 0 Å². The number of carbonyl (C=O) groups excluding carboxylic acids is 5. The minimum atomic E-state index is -0.565. The van der Waals surface area contributed by atoms with Gasteiger partial charge in [-0.2, -0.15) is 0 Å². The lowest BCUT2D eigenvalue weighted by molar-refractivity contribution is -0.155. The van der Waals surface area contributed by atoms with Crippen molar-refractivity contribution in [1.82, 2.24) is 19.6 Å². The summed E-state index contributed by atoms with van der Waals surface area (Å²) in [5.41, 5.74) is 0. The Kier molecular flexibility index (Phi) is 55.8. The van der Waals surface area contributed by atoms with E-state index in [1.165, 1.54) is 64.2 Å². The Morgan fingerprint density at radius 3 is 1.46 bits per heavy atom. The van der Waals surface area contributed by atoms with Gasteiger partial charge in [-0.05, 0) is 134 Å². The highest BCUT2D eigenvalue weighted by atomic mass is 33.1. The summed E-state index contributed by atoms with van der Waals surface area (Å²) in [6.07, 6.45) is 33.2. The standard InChI is InChI=1S/C74H140N4O13S2/c1-7-13-15-17-19-23-38-68(39-24-20-18-16-14-8-2)90-73(85)43-25-21-22-35-65(79)59-78(60-69-40-32-44-74(86)91-69)47-33-45-70(82)87-54-53-76-51-49-75(50-52-76)46-30-31-55-92-93-56-34-48-77(57-66(80)36-26-28-41-71(83)88-61-63(9-3)10-4)58-67(81)37-27-29-42-72(84)89-62-64(11-5)12-6/h63-69,79-81H,7-62H2,1-6H3. The molecule has 0 spiro atoms. The van der Waals surface area contributed by atoms with Gasteiger partial charge >= 0.3 is 29.8 Å². The summed E-state index contributed by atoms with van der Waals surface area (Å²) in [4.78, 5) is 71.9. The number of ether oxygens (including phenoxy) is 5. The third-order valence-electron chi connectivity index (χ3n) is 18.9. The van der Waals surface area contributed by atoms with E-state index < -0.39 is 18.3 Å². The highest BCUT2D eigenvalue weighted by Crippen LogP contribution is 2.25. The van der Waals surface area contributed by atoms with Crippen LogP contribution in [0, 0.1) is 11.8 Å². The van der Waals surface area contributed by atoms with Gasteiger partial charge in [0.1, 0.15) is 18.8 Å². The molecule has 2 heterocycles. The third kappa shape index (κ3) is 49.9. The molecular weight excluding hydrogens is 1220 g/mol. The summed E-state index contributed by atoms with van der Waals surface area (Å²) in [6, 6.07) is 0. The molecule has 0 aliphatic carbocycles. The normalized spacial score (nSPS) is 16.0. The van der Waals surface area contributed by atoms with Gasteiger partial charge in [0.05, 0.1) is 31.5 Å². The molecule has 2 aliphatic rings. The molecule has 2 fully saturated rings. The lowest BCUT2D eigenvalue weighted by Crippen LogP contribution is -2.47. The molecule has 93 heavy (non-hydrogen) atoms. The van der Waals surface area contributed by atoms with E-state index in [0.29, 0.717) is 135 Å². The van der Waals surface area contributed by atoms with E-state index in [1.54, 1.807) is 0 Å². The van der Waals surface area contributed by atoms with Crippen LogP contribution in [-0.2, 0) is 47.7 Å². The molecule has 0 aromatic carbocycles. The van der Waals surface area contributed by atoms with E-state index in [2.05, 4.69) is 61.1 Å². The second-order valence-corrected chi connectivity index (χ2v) is 29.9. The number of carbonyl (C=O) groups is 5. The summed E-state index contributed by atoms with van der Waals surface area (Å²) in [5, 5.41) is 33.3. The topological polar surface area (TPSA) is 205 Å². The zero-order valence-corrected chi connectivity index (χ0v) is 61.8. The van der Waals surface area contributed by atoms with Crippen molar-refractivity contribution in [3.05, 3.63) is 0 Å². The number of cyclic esters (lactones) is 1. The van der Waals surface area contributed by atoms with Gasteiger partial charge in [-0.3, -0.25) is 38.7 Å². The quantitative estimate of drug-likeness (QED) is 0.0224. The molecule has 4 unspecified atom stereocenters. The minimum absolute atomic E-state index is 0.0228. The SMILES string of the molecule is CCCCCCCCC(CCCCCCCC)OC(=O)CCCCCC(O)CN(CCCC(=O)OCCN1CCN(CCCCSSCCCN(CC(O)CCCCC(=O)OCC(CC)CC)CC(O)CCCCC(=O)OCC(CC)CC)CC1)CC1CCCC(=O)O1. The van der Waals surface area contributed by atoms with E-state index in [1.807, 2.05) is 21.6 Å². The van der Waals surface area contributed by atoms with Crippen molar-refractivity contribution < 1.29 is 63.0 Å². The Morgan fingerprint density at radius 2 is 0.925 bits per heavy atom. The zero-order valence-electron chi connectivity index (χ0n) is 60.2. The average Bonchev–Trinajstić information content (AvgIpc) is 3.65. The van der Waals surface area contributed by atoms with Crippen molar-refractivity contribution in [2.45, 2.75) is 322 Å². The molecule has 3 N–H and O–H groups in total. The van der Waals surface area contributed by atoms with Crippen LogP contribution in [-0.4, -0.2) is 205 Å². The van der Waals surface area contributed by atoms with Crippen LogP contribution in [0.5, 0.6) is 0 Å². The molecule has 0 aromatic rings.